The van der Waals surface area contributed by atoms with E-state index in [-0.39, 0.29) is 5.54 Å². The highest BCUT2D eigenvalue weighted by molar-refractivity contribution is 7.10. The summed E-state index contributed by atoms with van der Waals surface area (Å²) in [6, 6.07) is 4.04. The lowest BCUT2D eigenvalue weighted by atomic mass is 9.77. The van der Waals surface area contributed by atoms with Crippen LogP contribution in [0, 0.1) is 5.92 Å². The number of rotatable bonds is 2. The number of thiazole rings is 1. The Morgan fingerprint density at radius 2 is 2.44 bits per heavy atom. The molecule has 1 aliphatic carbocycles. The van der Waals surface area contributed by atoms with E-state index in [1.165, 1.54) is 12.8 Å². The molecule has 0 radical (unpaired) electrons. The minimum atomic E-state index is -0.201. The Hall–Kier alpha value is -1.13. The van der Waals surface area contributed by atoms with Crippen molar-refractivity contribution in [2.24, 2.45) is 11.7 Å². The number of hydrogen-bond donors (Lipinski definition) is 2. The quantitative estimate of drug-likeness (QED) is 0.869. The molecule has 0 aromatic carbocycles. The zero-order valence-corrected chi connectivity index (χ0v) is 11.5. The summed E-state index contributed by atoms with van der Waals surface area (Å²) in [5.41, 5.74) is 8.46. The van der Waals surface area contributed by atoms with Gasteiger partial charge in [0, 0.05) is 11.6 Å². The molecule has 1 fully saturated rings. The van der Waals surface area contributed by atoms with Gasteiger partial charge < -0.3 is 10.7 Å². The summed E-state index contributed by atoms with van der Waals surface area (Å²) in [5.74, 6) is 0.710. The van der Waals surface area contributed by atoms with Crippen molar-refractivity contribution in [3.05, 3.63) is 28.7 Å². The van der Waals surface area contributed by atoms with E-state index >= 15 is 0 Å². The number of aromatic amines is 1. The van der Waals surface area contributed by atoms with Crippen LogP contribution in [0.2, 0.25) is 0 Å². The van der Waals surface area contributed by atoms with Crippen LogP contribution in [0.4, 0.5) is 0 Å². The van der Waals surface area contributed by atoms with Gasteiger partial charge in [-0.05, 0) is 30.9 Å². The first kappa shape index (κ1) is 11.9. The van der Waals surface area contributed by atoms with Crippen LogP contribution in [0.1, 0.15) is 37.6 Å². The largest absolute Gasteiger partial charge is 0.360 e. The Morgan fingerprint density at radius 1 is 1.56 bits per heavy atom. The van der Waals surface area contributed by atoms with Crippen molar-refractivity contribution in [1.29, 1.82) is 0 Å². The molecule has 0 spiro atoms. The van der Waals surface area contributed by atoms with Crippen molar-refractivity contribution in [2.45, 2.75) is 38.1 Å². The average Bonchev–Trinajstić information content (AvgIpc) is 3.00. The molecule has 18 heavy (non-hydrogen) atoms. The van der Waals surface area contributed by atoms with Gasteiger partial charge in [-0.1, -0.05) is 19.8 Å². The molecule has 4 heteroatoms. The summed E-state index contributed by atoms with van der Waals surface area (Å²) in [6.07, 6.45) is 6.57. The van der Waals surface area contributed by atoms with Gasteiger partial charge in [-0.15, -0.1) is 11.3 Å². The van der Waals surface area contributed by atoms with E-state index in [4.69, 9.17) is 10.7 Å². The Labute approximate surface area is 111 Å². The zero-order valence-electron chi connectivity index (χ0n) is 10.6. The molecule has 0 amide bonds. The molecule has 3 N–H and O–H groups in total. The lowest BCUT2D eigenvalue weighted by Crippen LogP contribution is -2.40. The normalized spacial score (nSPS) is 28.4. The van der Waals surface area contributed by atoms with Gasteiger partial charge in [0.2, 0.25) is 0 Å². The van der Waals surface area contributed by atoms with E-state index in [0.717, 1.165) is 29.2 Å². The molecule has 3 nitrogen and oxygen atoms in total. The first-order chi connectivity index (χ1) is 8.67. The maximum atomic E-state index is 6.58. The third kappa shape index (κ3) is 2.10. The van der Waals surface area contributed by atoms with Crippen molar-refractivity contribution in [3.63, 3.8) is 0 Å². The fourth-order valence-corrected chi connectivity index (χ4v) is 3.88. The van der Waals surface area contributed by atoms with E-state index in [0.29, 0.717) is 5.92 Å². The molecule has 3 rings (SSSR count). The Bertz CT molecular complexity index is 517. The van der Waals surface area contributed by atoms with Crippen LogP contribution < -0.4 is 5.73 Å². The van der Waals surface area contributed by atoms with Crippen molar-refractivity contribution >= 4 is 11.3 Å². The van der Waals surface area contributed by atoms with Crippen molar-refractivity contribution in [1.82, 2.24) is 9.97 Å². The standard InChI is InChI=1S/C14H19N3S/c1-10-4-2-6-14(15,8-10)13-17-12(9-18-13)11-5-3-7-16-11/h3,5,7,9-10,16H,2,4,6,8,15H2,1H3. The average molecular weight is 261 g/mol. The van der Waals surface area contributed by atoms with Gasteiger partial charge in [-0.2, -0.15) is 0 Å². The number of nitrogens with zero attached hydrogens (tertiary/aromatic N) is 1. The van der Waals surface area contributed by atoms with E-state index < -0.39 is 0 Å². The highest BCUT2D eigenvalue weighted by atomic mass is 32.1. The second-order valence-corrected chi connectivity index (χ2v) is 6.34. The SMILES string of the molecule is CC1CCCC(N)(c2nc(-c3ccc[nH]3)cs2)C1. The van der Waals surface area contributed by atoms with Gasteiger partial charge in [0.1, 0.15) is 5.01 Å². The molecule has 1 saturated carbocycles. The summed E-state index contributed by atoms with van der Waals surface area (Å²) in [4.78, 5) is 7.94. The summed E-state index contributed by atoms with van der Waals surface area (Å²) in [6.45, 7) is 2.29. The zero-order chi connectivity index (χ0) is 12.6. The summed E-state index contributed by atoms with van der Waals surface area (Å²) in [7, 11) is 0. The van der Waals surface area contributed by atoms with Crippen molar-refractivity contribution < 1.29 is 0 Å². The predicted octanol–water partition coefficient (Wildman–Crippen LogP) is 3.50. The van der Waals surface area contributed by atoms with Gasteiger partial charge in [0.05, 0.1) is 16.9 Å². The monoisotopic (exact) mass is 261 g/mol. The lowest BCUT2D eigenvalue weighted by molar-refractivity contribution is 0.238. The fraction of sp³-hybridized carbons (Fsp3) is 0.500. The maximum absolute atomic E-state index is 6.58. The molecule has 2 heterocycles. The second-order valence-electron chi connectivity index (χ2n) is 5.48. The van der Waals surface area contributed by atoms with Gasteiger partial charge in [0.25, 0.3) is 0 Å². The van der Waals surface area contributed by atoms with E-state index in [1.807, 2.05) is 18.3 Å². The molecule has 1 aliphatic rings. The minimum Gasteiger partial charge on any atom is -0.360 e. The molecule has 0 bridgehead atoms. The van der Waals surface area contributed by atoms with Crippen molar-refractivity contribution in [2.75, 3.05) is 0 Å². The lowest BCUT2D eigenvalue weighted by Gasteiger charge is -2.35. The molecular formula is C14H19N3S. The second kappa shape index (κ2) is 4.52. The Morgan fingerprint density at radius 3 is 3.17 bits per heavy atom. The molecule has 2 aromatic rings. The number of H-pyrrole nitrogens is 1. The number of nitrogens with two attached hydrogens (primary N) is 1. The Balaban J connectivity index is 1.88. The highest BCUT2D eigenvalue weighted by Gasteiger charge is 2.35. The van der Waals surface area contributed by atoms with Crippen LogP contribution in [0.25, 0.3) is 11.4 Å². The summed E-state index contributed by atoms with van der Waals surface area (Å²) in [5, 5.41) is 3.20. The third-order valence-corrected chi connectivity index (χ3v) is 4.90. The number of hydrogen-bond acceptors (Lipinski definition) is 3. The first-order valence-corrected chi connectivity index (χ1v) is 7.44. The highest BCUT2D eigenvalue weighted by Crippen LogP contribution is 2.39. The van der Waals surface area contributed by atoms with Gasteiger partial charge >= 0.3 is 0 Å². The smallest absolute Gasteiger partial charge is 0.113 e. The third-order valence-electron chi connectivity index (χ3n) is 3.84. The van der Waals surface area contributed by atoms with Gasteiger partial charge in [0.15, 0.2) is 0 Å². The van der Waals surface area contributed by atoms with Crippen LogP contribution in [0.5, 0.6) is 0 Å². The van der Waals surface area contributed by atoms with Gasteiger partial charge in [-0.3, -0.25) is 0 Å². The molecule has 2 aromatic heterocycles. The first-order valence-electron chi connectivity index (χ1n) is 6.56. The topological polar surface area (TPSA) is 54.7 Å². The van der Waals surface area contributed by atoms with Crippen LogP contribution in [-0.4, -0.2) is 9.97 Å². The minimum absolute atomic E-state index is 0.201. The molecular weight excluding hydrogens is 242 g/mol. The summed E-state index contributed by atoms with van der Waals surface area (Å²) < 4.78 is 0. The van der Waals surface area contributed by atoms with Gasteiger partial charge in [-0.25, -0.2) is 4.98 Å². The van der Waals surface area contributed by atoms with E-state index in [1.54, 1.807) is 11.3 Å². The maximum Gasteiger partial charge on any atom is 0.113 e. The van der Waals surface area contributed by atoms with Crippen LogP contribution in [-0.2, 0) is 5.54 Å². The van der Waals surface area contributed by atoms with Crippen LogP contribution in [0.3, 0.4) is 0 Å². The Kier molecular flexibility index (Phi) is 2.99. The van der Waals surface area contributed by atoms with Crippen LogP contribution in [0.15, 0.2) is 23.7 Å². The number of aromatic nitrogens is 2. The van der Waals surface area contributed by atoms with Crippen molar-refractivity contribution in [3.8, 4) is 11.4 Å². The molecule has 0 saturated heterocycles. The van der Waals surface area contributed by atoms with E-state index in [9.17, 15) is 0 Å². The fourth-order valence-electron chi connectivity index (χ4n) is 2.90. The summed E-state index contributed by atoms with van der Waals surface area (Å²) >= 11 is 1.70. The molecule has 2 unspecified atom stereocenters. The predicted molar refractivity (Wildman–Crippen MR) is 75.4 cm³/mol. The molecule has 2 atom stereocenters. The van der Waals surface area contributed by atoms with Crippen LogP contribution >= 0.6 is 11.3 Å². The molecule has 96 valence electrons. The molecule has 0 aliphatic heterocycles. The number of nitrogens with one attached hydrogen (secondary N) is 1. The van der Waals surface area contributed by atoms with E-state index in [2.05, 4.69) is 17.3 Å².